The summed E-state index contributed by atoms with van der Waals surface area (Å²) in [4.78, 5) is 0. The van der Waals surface area contributed by atoms with Crippen LogP contribution in [0.25, 0.3) is 17.3 Å². The number of benzene rings is 6. The van der Waals surface area contributed by atoms with Crippen LogP contribution in [0, 0.1) is 0 Å². The van der Waals surface area contributed by atoms with Gasteiger partial charge in [0.05, 0.1) is 0 Å². The van der Waals surface area contributed by atoms with Gasteiger partial charge in [0, 0.05) is 0 Å². The normalized spacial score (nSPS) is 10.3. The van der Waals surface area contributed by atoms with Crippen LogP contribution in [-0.4, -0.2) is 0 Å². The van der Waals surface area contributed by atoms with Crippen molar-refractivity contribution in [1.82, 2.24) is 0 Å². The molecule has 0 aliphatic rings. The molecule has 6 aromatic carbocycles. The standard InChI is InChI=1S/2C20H15.Hg/c2*1-4-10-17(11-5-1)16-20(18-12-6-2-7-13-18)19-14-8-3-9-15-19;/h2*1-15H;. The molecule has 41 heavy (non-hydrogen) atoms. The molecule has 1 heteroatoms. The second-order valence-electron chi connectivity index (χ2n) is 10.1. The maximum atomic E-state index is 2.30. The summed E-state index contributed by atoms with van der Waals surface area (Å²) in [6, 6.07) is 66.0. The first-order chi connectivity index (χ1) is 20.4. The zero-order valence-electron chi connectivity index (χ0n) is 23.0. The van der Waals surface area contributed by atoms with Crippen molar-refractivity contribution >= 4 is 17.3 Å². The van der Waals surface area contributed by atoms with Gasteiger partial charge in [-0.1, -0.05) is 0 Å². The first kappa shape index (κ1) is 26.9. The van der Waals surface area contributed by atoms with Crippen molar-refractivity contribution in [2.75, 3.05) is 0 Å². The third kappa shape index (κ3) is 6.40. The Morgan fingerprint density at radius 3 is 0.659 bits per heavy atom. The quantitative estimate of drug-likeness (QED) is 0.109. The van der Waals surface area contributed by atoms with E-state index in [0.717, 1.165) is 0 Å². The summed E-state index contributed by atoms with van der Waals surface area (Å²) < 4.78 is 3.04. The summed E-state index contributed by atoms with van der Waals surface area (Å²) in [5.41, 5.74) is 10.4. The Hall–Kier alpha value is -4.26. The molecule has 0 aliphatic carbocycles. The van der Waals surface area contributed by atoms with Crippen LogP contribution in [0.5, 0.6) is 0 Å². The number of hydrogen-bond acceptors (Lipinski definition) is 0. The van der Waals surface area contributed by atoms with Gasteiger partial charge in [0.25, 0.3) is 0 Å². The van der Waals surface area contributed by atoms with E-state index in [9.17, 15) is 0 Å². The molecule has 0 unspecified atom stereocenters. The zero-order valence-corrected chi connectivity index (χ0v) is 28.5. The maximum absolute atomic E-state index is 2.30. The Morgan fingerprint density at radius 1 is 0.244 bits per heavy atom. The Kier molecular flexibility index (Phi) is 8.80. The van der Waals surface area contributed by atoms with E-state index in [1.165, 1.54) is 50.7 Å². The van der Waals surface area contributed by atoms with E-state index in [4.69, 9.17) is 0 Å². The van der Waals surface area contributed by atoms with Gasteiger partial charge in [-0.15, -0.1) is 0 Å². The summed E-state index contributed by atoms with van der Waals surface area (Å²) in [7, 11) is 0. The summed E-state index contributed by atoms with van der Waals surface area (Å²) in [6.07, 6.45) is 0. The molecule has 0 saturated heterocycles. The summed E-state index contributed by atoms with van der Waals surface area (Å²) in [5, 5.41) is 0. The van der Waals surface area contributed by atoms with Crippen molar-refractivity contribution in [3.63, 3.8) is 0 Å². The van der Waals surface area contributed by atoms with Crippen LogP contribution in [0.3, 0.4) is 0 Å². The fourth-order valence-corrected chi connectivity index (χ4v) is 14.9. The third-order valence-electron chi connectivity index (χ3n) is 7.45. The molecule has 0 heterocycles. The minimum absolute atomic E-state index is 1.27. The molecule has 0 fully saturated rings. The van der Waals surface area contributed by atoms with Crippen molar-refractivity contribution in [3.05, 3.63) is 215 Å². The average molecular weight is 711 g/mol. The predicted octanol–water partition coefficient (Wildman–Crippen LogP) is 10.3. The van der Waals surface area contributed by atoms with Gasteiger partial charge in [0.1, 0.15) is 0 Å². The molecule has 0 bridgehead atoms. The van der Waals surface area contributed by atoms with Crippen molar-refractivity contribution < 1.29 is 24.6 Å². The first-order valence-corrected chi connectivity index (χ1v) is 19.7. The molecule has 0 radical (unpaired) electrons. The van der Waals surface area contributed by atoms with E-state index < -0.39 is 24.6 Å². The van der Waals surface area contributed by atoms with Gasteiger partial charge >= 0.3 is 257 Å². The second kappa shape index (κ2) is 13.4. The first-order valence-electron chi connectivity index (χ1n) is 14.2. The molecule has 0 aliphatic heterocycles. The topological polar surface area (TPSA) is 0 Å². The van der Waals surface area contributed by atoms with E-state index in [2.05, 4.69) is 182 Å². The van der Waals surface area contributed by atoms with Crippen LogP contribution >= 0.6 is 0 Å². The zero-order chi connectivity index (χ0) is 27.7. The molecular formula is C40H30Hg. The molecule has 0 saturated carbocycles. The molecule has 0 nitrogen and oxygen atoms in total. The third-order valence-corrected chi connectivity index (χ3v) is 16.1. The fraction of sp³-hybridized carbons (Fsp3) is 0. The number of hydrogen-bond donors (Lipinski definition) is 0. The van der Waals surface area contributed by atoms with Gasteiger partial charge in [-0.05, 0) is 0 Å². The Bertz CT molecular complexity index is 1520. The van der Waals surface area contributed by atoms with Crippen LogP contribution in [0.1, 0.15) is 33.4 Å². The molecule has 0 N–H and O–H groups in total. The SMILES string of the molecule is c1ccc([C]([Hg][C](=C(c2ccccc2)c2ccccc2)c2ccccc2)=C(c2ccccc2)c2ccccc2)cc1. The fourth-order valence-electron chi connectivity index (χ4n) is 5.57. The van der Waals surface area contributed by atoms with Crippen LogP contribution in [0.4, 0.5) is 0 Å². The Labute approximate surface area is 255 Å². The molecule has 0 amide bonds. The average Bonchev–Trinajstić information content (AvgIpc) is 3.07. The minimum atomic E-state index is -2.16. The van der Waals surface area contributed by atoms with Crippen LogP contribution < -0.4 is 0 Å². The monoisotopic (exact) mass is 712 g/mol. The molecular weight excluding hydrogens is 681 g/mol. The summed E-state index contributed by atoms with van der Waals surface area (Å²) in [5.74, 6) is 0. The van der Waals surface area contributed by atoms with Gasteiger partial charge in [-0.2, -0.15) is 0 Å². The molecule has 0 aromatic heterocycles. The van der Waals surface area contributed by atoms with Gasteiger partial charge < -0.3 is 0 Å². The molecule has 192 valence electrons. The van der Waals surface area contributed by atoms with E-state index in [-0.39, 0.29) is 0 Å². The van der Waals surface area contributed by atoms with Crippen LogP contribution in [0.2, 0.25) is 0 Å². The van der Waals surface area contributed by atoms with E-state index in [1.54, 1.807) is 0 Å². The van der Waals surface area contributed by atoms with Gasteiger partial charge in [-0.25, -0.2) is 0 Å². The van der Waals surface area contributed by atoms with Gasteiger partial charge in [0.2, 0.25) is 0 Å². The van der Waals surface area contributed by atoms with Gasteiger partial charge in [0.15, 0.2) is 0 Å². The van der Waals surface area contributed by atoms with Crippen molar-refractivity contribution in [2.45, 2.75) is 0 Å². The Morgan fingerprint density at radius 2 is 0.439 bits per heavy atom. The van der Waals surface area contributed by atoms with E-state index in [1.807, 2.05) is 0 Å². The predicted molar refractivity (Wildman–Crippen MR) is 170 cm³/mol. The van der Waals surface area contributed by atoms with Crippen molar-refractivity contribution in [2.24, 2.45) is 0 Å². The molecule has 6 rings (SSSR count). The molecule has 0 atom stereocenters. The molecule has 6 aromatic rings. The molecule has 0 spiro atoms. The van der Waals surface area contributed by atoms with E-state index >= 15 is 0 Å². The summed E-state index contributed by atoms with van der Waals surface area (Å²) >= 11 is -2.16. The van der Waals surface area contributed by atoms with Crippen LogP contribution in [0.15, 0.2) is 182 Å². The van der Waals surface area contributed by atoms with Crippen molar-refractivity contribution in [3.8, 4) is 0 Å². The number of rotatable bonds is 8. The second-order valence-corrected chi connectivity index (χ2v) is 17.0. The van der Waals surface area contributed by atoms with Crippen LogP contribution in [-0.2, 0) is 24.6 Å². The van der Waals surface area contributed by atoms with E-state index in [0.29, 0.717) is 0 Å². The van der Waals surface area contributed by atoms with Gasteiger partial charge in [-0.3, -0.25) is 0 Å². The van der Waals surface area contributed by atoms with Crippen molar-refractivity contribution in [1.29, 1.82) is 0 Å². The Balaban J connectivity index is 1.71. The summed E-state index contributed by atoms with van der Waals surface area (Å²) in [6.45, 7) is 0.